The van der Waals surface area contributed by atoms with E-state index in [0.717, 1.165) is 24.6 Å². The molecule has 4 heteroatoms. The number of rotatable bonds is 6. The molecular weight excluding hydrogens is 278 g/mol. The summed E-state index contributed by atoms with van der Waals surface area (Å²) in [7, 11) is 4.51. The van der Waals surface area contributed by atoms with E-state index in [1.165, 1.54) is 30.7 Å². The van der Waals surface area contributed by atoms with Gasteiger partial charge in [-0.3, -0.25) is 0 Å². The van der Waals surface area contributed by atoms with Gasteiger partial charge in [-0.25, -0.2) is 4.98 Å². The predicted octanol–water partition coefficient (Wildman–Crippen LogP) is 3.48. The standard InChI is InChI=1S/C17H31N3S/c1-6-18-15(11-16-19-14(3)12-21-16)17(20(4)5)9-7-13(2)8-10-17/h12-13,15,18H,6-11H2,1-5H3. The van der Waals surface area contributed by atoms with Gasteiger partial charge in [0.1, 0.15) is 0 Å². The molecule has 1 aliphatic carbocycles. The third kappa shape index (κ3) is 3.85. The minimum atomic E-state index is 0.280. The molecular formula is C17H31N3S. The summed E-state index contributed by atoms with van der Waals surface area (Å²) in [6.07, 6.45) is 6.33. The lowest BCUT2D eigenvalue weighted by atomic mass is 9.71. The summed E-state index contributed by atoms with van der Waals surface area (Å²) in [5, 5.41) is 7.22. The normalized spacial score (nSPS) is 28.0. The van der Waals surface area contributed by atoms with E-state index in [9.17, 15) is 0 Å². The molecule has 0 saturated heterocycles. The van der Waals surface area contributed by atoms with Crippen molar-refractivity contribution < 1.29 is 0 Å². The molecule has 1 atom stereocenters. The highest BCUT2D eigenvalue weighted by atomic mass is 32.1. The van der Waals surface area contributed by atoms with Crippen molar-refractivity contribution in [3.63, 3.8) is 0 Å². The fraction of sp³-hybridized carbons (Fsp3) is 0.824. The zero-order valence-corrected chi connectivity index (χ0v) is 15.1. The van der Waals surface area contributed by atoms with Gasteiger partial charge in [-0.1, -0.05) is 13.8 Å². The Morgan fingerprint density at radius 1 is 1.43 bits per heavy atom. The second kappa shape index (κ2) is 7.21. The highest BCUT2D eigenvalue weighted by molar-refractivity contribution is 7.09. The molecule has 0 aliphatic heterocycles. The first-order valence-electron chi connectivity index (χ1n) is 8.29. The maximum Gasteiger partial charge on any atom is 0.0944 e. The Morgan fingerprint density at radius 3 is 2.57 bits per heavy atom. The number of likely N-dealkylation sites (N-methyl/N-ethyl adjacent to an activating group) is 2. The lowest BCUT2D eigenvalue weighted by molar-refractivity contribution is 0.0440. The molecule has 0 aromatic carbocycles. The van der Waals surface area contributed by atoms with Gasteiger partial charge in [-0.2, -0.15) is 0 Å². The van der Waals surface area contributed by atoms with Crippen LogP contribution in [0.1, 0.15) is 50.2 Å². The maximum atomic E-state index is 4.69. The Labute approximate surface area is 134 Å². The molecule has 1 N–H and O–H groups in total. The van der Waals surface area contributed by atoms with Crippen LogP contribution in [0.4, 0.5) is 0 Å². The molecule has 21 heavy (non-hydrogen) atoms. The number of hydrogen-bond acceptors (Lipinski definition) is 4. The summed E-state index contributed by atoms with van der Waals surface area (Å²) in [6.45, 7) is 7.73. The van der Waals surface area contributed by atoms with E-state index in [1.807, 2.05) is 11.3 Å². The second-order valence-corrected chi connectivity index (χ2v) is 7.82. The van der Waals surface area contributed by atoms with Gasteiger partial charge in [-0.15, -0.1) is 11.3 Å². The summed E-state index contributed by atoms with van der Waals surface area (Å²) >= 11 is 1.81. The first-order chi connectivity index (χ1) is 9.98. The lowest BCUT2D eigenvalue weighted by Crippen LogP contribution is -2.61. The van der Waals surface area contributed by atoms with Gasteiger partial charge in [-0.05, 0) is 59.2 Å². The number of nitrogens with one attached hydrogen (secondary N) is 1. The highest BCUT2D eigenvalue weighted by Gasteiger charge is 2.42. The van der Waals surface area contributed by atoms with E-state index in [2.05, 4.69) is 50.5 Å². The number of aryl methyl sites for hydroxylation is 1. The average Bonchev–Trinajstić information content (AvgIpc) is 2.85. The van der Waals surface area contributed by atoms with Gasteiger partial charge in [0.25, 0.3) is 0 Å². The van der Waals surface area contributed by atoms with Crippen molar-refractivity contribution in [2.45, 2.75) is 64.5 Å². The quantitative estimate of drug-likeness (QED) is 0.872. The largest absolute Gasteiger partial charge is 0.312 e. The number of aromatic nitrogens is 1. The van der Waals surface area contributed by atoms with Crippen LogP contribution in [0.2, 0.25) is 0 Å². The first-order valence-corrected chi connectivity index (χ1v) is 9.17. The Balaban J connectivity index is 2.20. The van der Waals surface area contributed by atoms with Crippen LogP contribution in [0.5, 0.6) is 0 Å². The fourth-order valence-electron chi connectivity index (χ4n) is 3.74. The Hall–Kier alpha value is -0.450. The van der Waals surface area contributed by atoms with Gasteiger partial charge in [0.15, 0.2) is 0 Å². The van der Waals surface area contributed by atoms with E-state index < -0.39 is 0 Å². The van der Waals surface area contributed by atoms with E-state index in [1.54, 1.807) is 0 Å². The summed E-state index contributed by atoms with van der Waals surface area (Å²) in [5.41, 5.74) is 1.43. The molecule has 0 amide bonds. The molecule has 1 aliphatic rings. The SMILES string of the molecule is CCNC(Cc1nc(C)cs1)C1(N(C)C)CCC(C)CC1. The highest BCUT2D eigenvalue weighted by Crippen LogP contribution is 2.38. The molecule has 1 saturated carbocycles. The molecule has 1 aromatic heterocycles. The van der Waals surface area contributed by atoms with Gasteiger partial charge in [0, 0.05) is 29.1 Å². The Bertz CT molecular complexity index is 433. The van der Waals surface area contributed by atoms with Gasteiger partial charge < -0.3 is 10.2 Å². The van der Waals surface area contributed by atoms with Crippen molar-refractivity contribution in [3.05, 3.63) is 16.1 Å². The molecule has 0 radical (unpaired) electrons. The summed E-state index contributed by atoms with van der Waals surface area (Å²) < 4.78 is 0. The minimum Gasteiger partial charge on any atom is -0.312 e. The first kappa shape index (κ1) is 16.9. The average molecular weight is 310 g/mol. The van der Waals surface area contributed by atoms with E-state index in [4.69, 9.17) is 4.98 Å². The van der Waals surface area contributed by atoms with Crippen molar-refractivity contribution >= 4 is 11.3 Å². The van der Waals surface area contributed by atoms with Crippen LogP contribution in [0.3, 0.4) is 0 Å². The van der Waals surface area contributed by atoms with Crippen LogP contribution in [0, 0.1) is 12.8 Å². The molecule has 1 unspecified atom stereocenters. The van der Waals surface area contributed by atoms with Crippen LogP contribution in [-0.2, 0) is 6.42 Å². The van der Waals surface area contributed by atoms with Crippen LogP contribution < -0.4 is 5.32 Å². The number of hydrogen-bond donors (Lipinski definition) is 1. The minimum absolute atomic E-state index is 0.280. The third-order valence-electron chi connectivity index (χ3n) is 5.18. The summed E-state index contributed by atoms with van der Waals surface area (Å²) in [4.78, 5) is 7.17. The molecule has 1 heterocycles. The van der Waals surface area contributed by atoms with Gasteiger partial charge in [0.05, 0.1) is 5.01 Å². The Morgan fingerprint density at radius 2 is 2.10 bits per heavy atom. The smallest absolute Gasteiger partial charge is 0.0944 e. The summed E-state index contributed by atoms with van der Waals surface area (Å²) in [5.74, 6) is 0.877. The van der Waals surface area contributed by atoms with Crippen LogP contribution in [0.15, 0.2) is 5.38 Å². The van der Waals surface area contributed by atoms with E-state index in [-0.39, 0.29) is 5.54 Å². The predicted molar refractivity (Wildman–Crippen MR) is 92.1 cm³/mol. The molecule has 0 spiro atoms. The van der Waals surface area contributed by atoms with Crippen LogP contribution in [0.25, 0.3) is 0 Å². The van der Waals surface area contributed by atoms with Crippen molar-refractivity contribution in [2.24, 2.45) is 5.92 Å². The second-order valence-electron chi connectivity index (χ2n) is 6.88. The topological polar surface area (TPSA) is 28.2 Å². The van der Waals surface area contributed by atoms with Gasteiger partial charge in [0.2, 0.25) is 0 Å². The lowest BCUT2D eigenvalue weighted by Gasteiger charge is -2.50. The third-order valence-corrected chi connectivity index (χ3v) is 6.16. The fourth-order valence-corrected chi connectivity index (χ4v) is 4.56. The zero-order valence-electron chi connectivity index (χ0n) is 14.3. The maximum absolute atomic E-state index is 4.69. The van der Waals surface area contributed by atoms with E-state index in [0.29, 0.717) is 6.04 Å². The van der Waals surface area contributed by atoms with Crippen LogP contribution >= 0.6 is 11.3 Å². The zero-order chi connectivity index (χ0) is 15.5. The summed E-state index contributed by atoms with van der Waals surface area (Å²) in [6, 6.07) is 0.496. The number of nitrogens with zero attached hydrogens (tertiary/aromatic N) is 2. The molecule has 1 aromatic rings. The van der Waals surface area contributed by atoms with Gasteiger partial charge >= 0.3 is 0 Å². The molecule has 3 nitrogen and oxygen atoms in total. The molecule has 120 valence electrons. The van der Waals surface area contributed by atoms with Crippen LogP contribution in [-0.4, -0.2) is 42.1 Å². The van der Waals surface area contributed by atoms with Crippen molar-refractivity contribution in [3.8, 4) is 0 Å². The van der Waals surface area contributed by atoms with Crippen molar-refractivity contribution in [1.82, 2.24) is 15.2 Å². The molecule has 2 rings (SSSR count). The van der Waals surface area contributed by atoms with Crippen molar-refractivity contribution in [2.75, 3.05) is 20.6 Å². The Kier molecular flexibility index (Phi) is 5.81. The van der Waals surface area contributed by atoms with Crippen molar-refractivity contribution in [1.29, 1.82) is 0 Å². The molecule has 0 bridgehead atoms. The van der Waals surface area contributed by atoms with E-state index >= 15 is 0 Å². The number of thiazole rings is 1. The monoisotopic (exact) mass is 309 g/mol. The molecule has 1 fully saturated rings.